The molecule has 0 amide bonds. The molecule has 0 fully saturated rings. The average molecular weight is 324 g/mol. The summed E-state index contributed by atoms with van der Waals surface area (Å²) in [5.41, 5.74) is -4.32. The number of rotatable bonds is 7. The van der Waals surface area contributed by atoms with Crippen LogP contribution in [0.2, 0.25) is 0 Å². The van der Waals surface area contributed by atoms with Crippen LogP contribution in [-0.4, -0.2) is 26.5 Å². The summed E-state index contributed by atoms with van der Waals surface area (Å²) >= 11 is 0. The Hall–Kier alpha value is -1.12. The molecule has 21 heavy (non-hydrogen) atoms. The lowest BCUT2D eigenvalue weighted by atomic mass is 10.1. The van der Waals surface area contributed by atoms with Crippen LogP contribution in [0.25, 0.3) is 0 Å². The Morgan fingerprint density at radius 3 is 2.19 bits per heavy atom. The van der Waals surface area contributed by atoms with Gasteiger partial charge in [0.15, 0.2) is 0 Å². The van der Waals surface area contributed by atoms with Crippen LogP contribution in [0.15, 0.2) is 30.3 Å². The first-order valence-corrected chi connectivity index (χ1v) is 7.95. The number of hydrogen-bond acceptors (Lipinski definition) is 3. The highest BCUT2D eigenvalue weighted by molar-refractivity contribution is 7.90. The monoisotopic (exact) mass is 324 g/mol. The van der Waals surface area contributed by atoms with Crippen LogP contribution in [0.3, 0.4) is 0 Å². The van der Waals surface area contributed by atoms with Gasteiger partial charge in [0.1, 0.15) is 0 Å². The molecule has 0 aliphatic rings. The summed E-state index contributed by atoms with van der Waals surface area (Å²) in [6.45, 7) is 3.89. The van der Waals surface area contributed by atoms with E-state index in [1.807, 2.05) is 30.3 Å². The first-order valence-electron chi connectivity index (χ1n) is 6.46. The Bertz CT molecular complexity index is 530. The predicted octanol–water partition coefficient (Wildman–Crippen LogP) is 2.24. The highest BCUT2D eigenvalue weighted by Crippen LogP contribution is 2.22. The Balaban J connectivity index is 2.59. The fraction of sp³-hybridized carbons (Fsp3) is 0.538. The molecule has 0 aliphatic carbocycles. The molecule has 0 aliphatic heterocycles. The van der Waals surface area contributed by atoms with Crippen LogP contribution in [-0.2, 0) is 16.6 Å². The first-order chi connectivity index (χ1) is 9.63. The Kier molecular flexibility index (Phi) is 6.18. The van der Waals surface area contributed by atoms with Gasteiger partial charge in [-0.05, 0) is 11.5 Å². The molecule has 1 aromatic rings. The Morgan fingerprint density at radius 2 is 1.71 bits per heavy atom. The predicted molar refractivity (Wildman–Crippen MR) is 74.9 cm³/mol. The zero-order valence-corrected chi connectivity index (χ0v) is 12.6. The number of benzene rings is 1. The number of sulfonamides is 1. The third-order valence-corrected chi connectivity index (χ3v) is 4.17. The fourth-order valence-corrected chi connectivity index (χ4v) is 2.54. The number of alkyl halides is 3. The SMILES string of the molecule is CC(C)[C@@H](CNCc1ccccc1)NS(=O)(=O)C(F)(F)F. The fourth-order valence-electron chi connectivity index (χ4n) is 1.65. The van der Waals surface area contributed by atoms with Gasteiger partial charge in [0.2, 0.25) is 0 Å². The van der Waals surface area contributed by atoms with E-state index < -0.39 is 21.6 Å². The molecule has 0 spiro atoms. The van der Waals surface area contributed by atoms with Crippen LogP contribution in [0, 0.1) is 5.92 Å². The molecule has 2 N–H and O–H groups in total. The van der Waals surface area contributed by atoms with Crippen molar-refractivity contribution in [2.75, 3.05) is 6.54 Å². The minimum Gasteiger partial charge on any atom is -0.311 e. The molecular weight excluding hydrogens is 305 g/mol. The minimum absolute atomic E-state index is 0.113. The summed E-state index contributed by atoms with van der Waals surface area (Å²) in [6, 6.07) is 8.47. The van der Waals surface area contributed by atoms with Gasteiger partial charge in [-0.3, -0.25) is 0 Å². The van der Waals surface area contributed by atoms with Crippen molar-refractivity contribution in [3.05, 3.63) is 35.9 Å². The summed E-state index contributed by atoms with van der Waals surface area (Å²) < 4.78 is 61.1. The van der Waals surface area contributed by atoms with Crippen molar-refractivity contribution >= 4 is 10.0 Å². The first kappa shape index (κ1) is 17.9. The maximum absolute atomic E-state index is 12.4. The van der Waals surface area contributed by atoms with E-state index in [2.05, 4.69) is 5.32 Å². The van der Waals surface area contributed by atoms with Crippen LogP contribution >= 0.6 is 0 Å². The van der Waals surface area contributed by atoms with Crippen molar-refractivity contribution in [1.29, 1.82) is 0 Å². The molecule has 8 heteroatoms. The molecule has 1 rings (SSSR count). The van der Waals surface area contributed by atoms with Crippen LogP contribution in [0.4, 0.5) is 13.2 Å². The van der Waals surface area contributed by atoms with Gasteiger partial charge in [-0.15, -0.1) is 0 Å². The van der Waals surface area contributed by atoms with E-state index >= 15 is 0 Å². The van der Waals surface area contributed by atoms with E-state index in [1.54, 1.807) is 18.6 Å². The molecule has 0 saturated heterocycles. The van der Waals surface area contributed by atoms with Crippen molar-refractivity contribution in [2.45, 2.75) is 31.9 Å². The summed E-state index contributed by atoms with van der Waals surface area (Å²) in [6.07, 6.45) is 0. The smallest absolute Gasteiger partial charge is 0.311 e. The van der Waals surface area contributed by atoms with Crippen molar-refractivity contribution < 1.29 is 21.6 Å². The van der Waals surface area contributed by atoms with E-state index in [4.69, 9.17) is 0 Å². The van der Waals surface area contributed by atoms with Gasteiger partial charge in [-0.2, -0.15) is 13.2 Å². The van der Waals surface area contributed by atoms with Crippen molar-refractivity contribution in [1.82, 2.24) is 10.0 Å². The summed E-state index contributed by atoms with van der Waals surface area (Å²) in [4.78, 5) is 0. The Labute approximate surface area is 122 Å². The molecule has 0 saturated carbocycles. The lowest BCUT2D eigenvalue weighted by Crippen LogP contribution is -2.49. The van der Waals surface area contributed by atoms with E-state index in [-0.39, 0.29) is 12.5 Å². The van der Waals surface area contributed by atoms with Crippen molar-refractivity contribution in [3.63, 3.8) is 0 Å². The largest absolute Gasteiger partial charge is 0.511 e. The topological polar surface area (TPSA) is 58.2 Å². The van der Waals surface area contributed by atoms with E-state index in [1.165, 1.54) is 0 Å². The van der Waals surface area contributed by atoms with Gasteiger partial charge in [-0.25, -0.2) is 13.1 Å². The molecule has 0 radical (unpaired) electrons. The lowest BCUT2D eigenvalue weighted by molar-refractivity contribution is -0.0452. The normalized spacial score (nSPS) is 14.4. The van der Waals surface area contributed by atoms with Gasteiger partial charge in [-0.1, -0.05) is 44.2 Å². The van der Waals surface area contributed by atoms with Gasteiger partial charge in [0.25, 0.3) is 0 Å². The summed E-state index contributed by atoms with van der Waals surface area (Å²) in [5.74, 6) is -0.273. The number of nitrogens with one attached hydrogen (secondary N) is 2. The van der Waals surface area contributed by atoms with Crippen molar-refractivity contribution in [3.8, 4) is 0 Å². The third kappa shape index (κ3) is 5.64. The summed E-state index contributed by atoms with van der Waals surface area (Å²) in [7, 11) is -5.33. The Morgan fingerprint density at radius 1 is 1.14 bits per heavy atom. The number of halogens is 3. The second-order valence-corrected chi connectivity index (χ2v) is 6.74. The van der Waals surface area contributed by atoms with Gasteiger partial charge >= 0.3 is 15.5 Å². The van der Waals surface area contributed by atoms with E-state index in [0.29, 0.717) is 6.54 Å². The number of hydrogen-bond donors (Lipinski definition) is 2. The zero-order chi connectivity index (χ0) is 16.1. The lowest BCUT2D eigenvalue weighted by Gasteiger charge is -2.23. The maximum Gasteiger partial charge on any atom is 0.511 e. The molecule has 1 atom stereocenters. The molecule has 0 aromatic heterocycles. The molecular formula is C13H19F3N2O2S. The third-order valence-electron chi connectivity index (χ3n) is 2.95. The second-order valence-electron chi connectivity index (χ2n) is 5.03. The average Bonchev–Trinajstić information content (AvgIpc) is 2.37. The van der Waals surface area contributed by atoms with Crippen LogP contribution < -0.4 is 10.0 Å². The van der Waals surface area contributed by atoms with Crippen LogP contribution in [0.5, 0.6) is 0 Å². The highest BCUT2D eigenvalue weighted by atomic mass is 32.2. The van der Waals surface area contributed by atoms with Gasteiger partial charge in [0, 0.05) is 19.1 Å². The quantitative estimate of drug-likeness (QED) is 0.809. The van der Waals surface area contributed by atoms with Gasteiger partial charge in [0.05, 0.1) is 0 Å². The van der Waals surface area contributed by atoms with Crippen molar-refractivity contribution in [2.24, 2.45) is 5.92 Å². The molecule has 0 heterocycles. The molecule has 4 nitrogen and oxygen atoms in total. The zero-order valence-electron chi connectivity index (χ0n) is 11.8. The standard InChI is InChI=1S/C13H19F3N2O2S/c1-10(2)12(18-21(19,20)13(14,15)16)9-17-8-11-6-4-3-5-7-11/h3-7,10,12,17-18H,8-9H2,1-2H3/t12-/m1/s1. The minimum atomic E-state index is -5.33. The van der Waals surface area contributed by atoms with E-state index in [0.717, 1.165) is 5.56 Å². The second kappa shape index (κ2) is 7.24. The maximum atomic E-state index is 12.4. The summed E-state index contributed by atoms with van der Waals surface area (Å²) in [5, 5.41) is 2.96. The molecule has 0 bridgehead atoms. The molecule has 0 unspecified atom stereocenters. The van der Waals surface area contributed by atoms with E-state index in [9.17, 15) is 21.6 Å². The molecule has 120 valence electrons. The highest BCUT2D eigenvalue weighted by Gasteiger charge is 2.46. The molecule has 1 aromatic carbocycles. The van der Waals surface area contributed by atoms with Gasteiger partial charge < -0.3 is 5.32 Å². The van der Waals surface area contributed by atoms with Crippen LogP contribution in [0.1, 0.15) is 19.4 Å².